The molecule has 110 valence electrons. The van der Waals surface area contributed by atoms with Gasteiger partial charge in [0.25, 0.3) is 0 Å². The second-order valence-corrected chi connectivity index (χ2v) is 6.05. The van der Waals surface area contributed by atoms with Crippen LogP contribution in [0, 0.1) is 6.92 Å². The number of nitrogens with zero attached hydrogens (tertiary/aromatic N) is 1. The molecule has 3 heteroatoms. The van der Waals surface area contributed by atoms with Crippen LogP contribution in [0.3, 0.4) is 0 Å². The lowest BCUT2D eigenvalue weighted by Crippen LogP contribution is -2.43. The summed E-state index contributed by atoms with van der Waals surface area (Å²) in [6.45, 7) is 8.04. The second-order valence-electron chi connectivity index (χ2n) is 6.05. The Morgan fingerprint density at radius 1 is 0.952 bits per heavy atom. The SMILES string of the molecule is Cc1ccc(N(OC(=O)c2ccccc2)C(C)(C)C)cc1. The van der Waals surface area contributed by atoms with Crippen LogP contribution in [-0.2, 0) is 4.84 Å². The first-order valence-electron chi connectivity index (χ1n) is 7.02. The van der Waals surface area contributed by atoms with E-state index in [-0.39, 0.29) is 11.5 Å². The Kier molecular flexibility index (Phi) is 4.32. The van der Waals surface area contributed by atoms with Crippen LogP contribution < -0.4 is 5.06 Å². The van der Waals surface area contributed by atoms with E-state index in [1.54, 1.807) is 17.2 Å². The maximum absolute atomic E-state index is 12.3. The molecule has 0 radical (unpaired) electrons. The normalized spacial score (nSPS) is 11.0. The maximum Gasteiger partial charge on any atom is 0.363 e. The highest BCUT2D eigenvalue weighted by Crippen LogP contribution is 2.25. The van der Waals surface area contributed by atoms with E-state index in [2.05, 4.69) is 0 Å². The molecule has 0 heterocycles. The van der Waals surface area contributed by atoms with Crippen LogP contribution in [0.4, 0.5) is 5.69 Å². The van der Waals surface area contributed by atoms with Crippen molar-refractivity contribution < 1.29 is 9.63 Å². The molecule has 0 fully saturated rings. The third-order valence-electron chi connectivity index (χ3n) is 3.06. The van der Waals surface area contributed by atoms with Gasteiger partial charge in [0.15, 0.2) is 0 Å². The fraction of sp³-hybridized carbons (Fsp3) is 0.278. The minimum absolute atomic E-state index is 0.334. The van der Waals surface area contributed by atoms with Crippen LogP contribution in [-0.4, -0.2) is 11.5 Å². The van der Waals surface area contributed by atoms with E-state index in [1.165, 1.54) is 5.56 Å². The van der Waals surface area contributed by atoms with Gasteiger partial charge in [0.1, 0.15) is 0 Å². The van der Waals surface area contributed by atoms with Crippen molar-refractivity contribution in [1.29, 1.82) is 0 Å². The van der Waals surface area contributed by atoms with Crippen molar-refractivity contribution in [3.05, 3.63) is 65.7 Å². The zero-order valence-electron chi connectivity index (χ0n) is 13.0. The summed E-state index contributed by atoms with van der Waals surface area (Å²) >= 11 is 0. The molecular formula is C18H21NO2. The molecule has 0 aliphatic heterocycles. The Morgan fingerprint density at radius 2 is 1.52 bits per heavy atom. The molecule has 2 aromatic carbocycles. The lowest BCUT2D eigenvalue weighted by molar-refractivity contribution is 0.0346. The molecule has 0 amide bonds. The first-order valence-corrected chi connectivity index (χ1v) is 7.02. The molecule has 2 aromatic rings. The van der Waals surface area contributed by atoms with Crippen LogP contribution in [0.25, 0.3) is 0 Å². The summed E-state index contributed by atoms with van der Waals surface area (Å²) in [7, 11) is 0. The summed E-state index contributed by atoms with van der Waals surface area (Å²) in [6, 6.07) is 16.9. The number of hydrogen-bond acceptors (Lipinski definition) is 3. The summed E-state index contributed by atoms with van der Waals surface area (Å²) in [4.78, 5) is 17.9. The van der Waals surface area contributed by atoms with Crippen molar-refractivity contribution in [3.8, 4) is 0 Å². The second kappa shape index (κ2) is 6.00. The fourth-order valence-electron chi connectivity index (χ4n) is 1.97. The smallest absolute Gasteiger partial charge is 0.335 e. The van der Waals surface area contributed by atoms with Crippen molar-refractivity contribution in [3.63, 3.8) is 0 Å². The third kappa shape index (κ3) is 3.85. The number of anilines is 1. The van der Waals surface area contributed by atoms with Crippen molar-refractivity contribution in [1.82, 2.24) is 0 Å². The monoisotopic (exact) mass is 283 g/mol. The van der Waals surface area contributed by atoms with E-state index in [0.29, 0.717) is 5.56 Å². The number of aryl methyl sites for hydroxylation is 1. The molecule has 21 heavy (non-hydrogen) atoms. The quantitative estimate of drug-likeness (QED) is 0.783. The van der Waals surface area contributed by atoms with Crippen molar-refractivity contribution in [2.45, 2.75) is 33.2 Å². The average Bonchev–Trinajstić information content (AvgIpc) is 2.45. The third-order valence-corrected chi connectivity index (χ3v) is 3.06. The summed E-state index contributed by atoms with van der Waals surface area (Å²) in [6.07, 6.45) is 0. The first kappa shape index (κ1) is 15.1. The van der Waals surface area contributed by atoms with Crippen molar-refractivity contribution >= 4 is 11.7 Å². The highest BCUT2D eigenvalue weighted by molar-refractivity contribution is 5.90. The van der Waals surface area contributed by atoms with Gasteiger partial charge in [0.2, 0.25) is 0 Å². The van der Waals surface area contributed by atoms with Crippen LogP contribution >= 0.6 is 0 Å². The molecule has 2 rings (SSSR count). The zero-order valence-corrected chi connectivity index (χ0v) is 13.0. The standard InChI is InChI=1S/C18H21NO2/c1-14-10-12-16(13-11-14)19(18(2,3)4)21-17(20)15-8-6-5-7-9-15/h5-13H,1-4H3. The molecule has 0 aliphatic rings. The van der Waals surface area contributed by atoms with Gasteiger partial charge in [-0.05, 0) is 52.0 Å². The van der Waals surface area contributed by atoms with Gasteiger partial charge in [-0.15, -0.1) is 0 Å². The molecule has 0 N–H and O–H groups in total. The number of benzene rings is 2. The van der Waals surface area contributed by atoms with Gasteiger partial charge >= 0.3 is 5.97 Å². The predicted molar refractivity (Wildman–Crippen MR) is 85.3 cm³/mol. The number of rotatable bonds is 3. The molecule has 0 saturated carbocycles. The van der Waals surface area contributed by atoms with Crippen LogP contribution in [0.5, 0.6) is 0 Å². The highest BCUT2D eigenvalue weighted by Gasteiger charge is 2.26. The number of carbonyl (C=O) groups is 1. The van der Waals surface area contributed by atoms with Crippen LogP contribution in [0.2, 0.25) is 0 Å². The maximum atomic E-state index is 12.3. The van der Waals surface area contributed by atoms with Crippen molar-refractivity contribution in [2.75, 3.05) is 5.06 Å². The summed E-state index contributed by atoms with van der Waals surface area (Å²) in [5, 5.41) is 1.65. The molecule has 0 aliphatic carbocycles. The molecule has 0 spiro atoms. The largest absolute Gasteiger partial charge is 0.363 e. The molecule has 3 nitrogen and oxygen atoms in total. The average molecular weight is 283 g/mol. The molecule has 0 atom stereocenters. The Hall–Kier alpha value is -2.29. The first-order chi connectivity index (χ1) is 9.88. The summed E-state index contributed by atoms with van der Waals surface area (Å²) in [5.74, 6) is -0.355. The van der Waals surface area contributed by atoms with Gasteiger partial charge < -0.3 is 4.84 Å². The molecule has 0 aromatic heterocycles. The Labute approximate surface area is 126 Å². The molecule has 0 saturated heterocycles. The van der Waals surface area contributed by atoms with Crippen LogP contribution in [0.15, 0.2) is 54.6 Å². The number of carbonyl (C=O) groups excluding carboxylic acids is 1. The van der Waals surface area contributed by atoms with Gasteiger partial charge in [-0.2, -0.15) is 0 Å². The molecule has 0 bridgehead atoms. The van der Waals surface area contributed by atoms with Gasteiger partial charge in [0.05, 0.1) is 16.8 Å². The summed E-state index contributed by atoms with van der Waals surface area (Å²) < 4.78 is 0. The lowest BCUT2D eigenvalue weighted by atomic mass is 10.1. The number of hydrogen-bond donors (Lipinski definition) is 0. The Morgan fingerprint density at radius 3 is 2.05 bits per heavy atom. The lowest BCUT2D eigenvalue weighted by Gasteiger charge is -2.35. The Balaban J connectivity index is 2.26. The number of hydroxylamine groups is 1. The highest BCUT2D eigenvalue weighted by atomic mass is 16.7. The predicted octanol–water partition coefficient (Wildman–Crippen LogP) is 4.37. The van der Waals surface area contributed by atoms with E-state index in [4.69, 9.17) is 4.84 Å². The van der Waals surface area contributed by atoms with E-state index in [0.717, 1.165) is 5.69 Å². The summed E-state index contributed by atoms with van der Waals surface area (Å²) in [5.41, 5.74) is 2.23. The van der Waals surface area contributed by atoms with E-state index < -0.39 is 0 Å². The fourth-order valence-corrected chi connectivity index (χ4v) is 1.97. The topological polar surface area (TPSA) is 29.5 Å². The molecule has 0 unspecified atom stereocenters. The van der Waals surface area contributed by atoms with Crippen LogP contribution in [0.1, 0.15) is 36.7 Å². The van der Waals surface area contributed by atoms with E-state index in [9.17, 15) is 4.79 Å². The van der Waals surface area contributed by atoms with Gasteiger partial charge in [-0.3, -0.25) is 0 Å². The molecular weight excluding hydrogens is 262 g/mol. The minimum Gasteiger partial charge on any atom is -0.335 e. The van der Waals surface area contributed by atoms with Gasteiger partial charge in [0, 0.05) is 0 Å². The zero-order chi connectivity index (χ0) is 15.5. The van der Waals surface area contributed by atoms with Crippen molar-refractivity contribution in [2.24, 2.45) is 0 Å². The van der Waals surface area contributed by atoms with E-state index in [1.807, 2.05) is 70.2 Å². The van der Waals surface area contributed by atoms with Gasteiger partial charge in [-0.25, -0.2) is 9.86 Å². The minimum atomic E-state index is -0.355. The van der Waals surface area contributed by atoms with E-state index >= 15 is 0 Å². The Bertz CT molecular complexity index is 597. The van der Waals surface area contributed by atoms with Gasteiger partial charge in [-0.1, -0.05) is 35.9 Å².